The van der Waals surface area contributed by atoms with E-state index < -0.39 is 0 Å². The summed E-state index contributed by atoms with van der Waals surface area (Å²) in [5, 5.41) is 3.69. The topological polar surface area (TPSA) is 41.3 Å². The Morgan fingerprint density at radius 1 is 1.15 bits per heavy atom. The number of anilines is 3. The molecule has 0 saturated carbocycles. The van der Waals surface area contributed by atoms with E-state index in [1.54, 1.807) is 0 Å². The fourth-order valence-corrected chi connectivity index (χ4v) is 3.50. The lowest BCUT2D eigenvalue weighted by atomic mass is 9.99. The molecule has 0 aliphatic carbocycles. The predicted molar refractivity (Wildman–Crippen MR) is 83.6 cm³/mol. The average Bonchev–Trinajstić information content (AvgIpc) is 2.85. The Hall–Kier alpha value is -2.00. The van der Waals surface area contributed by atoms with Gasteiger partial charge in [-0.25, -0.2) is 0 Å². The molecule has 2 aliphatic rings. The van der Waals surface area contributed by atoms with Crippen molar-refractivity contribution in [1.82, 2.24) is 0 Å². The zero-order chi connectivity index (χ0) is 13.5. The molecule has 0 bridgehead atoms. The molecule has 2 heterocycles. The molecule has 3 nitrogen and oxygen atoms in total. The molecule has 0 fully saturated rings. The SMILES string of the molecule is NCCC1Nc2ccccc2N2CCc3cccc1c32. The van der Waals surface area contributed by atoms with Gasteiger partial charge in [0.2, 0.25) is 0 Å². The summed E-state index contributed by atoms with van der Waals surface area (Å²) in [5.74, 6) is 0. The summed E-state index contributed by atoms with van der Waals surface area (Å²) in [7, 11) is 0. The number of nitrogens with zero attached hydrogens (tertiary/aromatic N) is 1. The minimum atomic E-state index is 0.305. The van der Waals surface area contributed by atoms with Gasteiger partial charge in [-0.1, -0.05) is 30.3 Å². The maximum atomic E-state index is 5.82. The largest absolute Gasteiger partial charge is 0.376 e. The van der Waals surface area contributed by atoms with Gasteiger partial charge in [-0.15, -0.1) is 0 Å². The second-order valence-corrected chi connectivity index (χ2v) is 5.55. The van der Waals surface area contributed by atoms with Crippen molar-refractivity contribution in [2.45, 2.75) is 18.9 Å². The summed E-state index contributed by atoms with van der Waals surface area (Å²) < 4.78 is 0. The molecule has 102 valence electrons. The van der Waals surface area contributed by atoms with Crippen LogP contribution in [0.2, 0.25) is 0 Å². The number of nitrogens with one attached hydrogen (secondary N) is 1. The molecule has 20 heavy (non-hydrogen) atoms. The molecule has 4 rings (SSSR count). The molecule has 0 amide bonds. The first kappa shape index (κ1) is 11.8. The molecular weight excluding hydrogens is 246 g/mol. The molecule has 1 atom stereocenters. The zero-order valence-corrected chi connectivity index (χ0v) is 11.5. The Labute approximate surface area is 119 Å². The molecule has 3 heteroatoms. The molecule has 2 aromatic rings. The van der Waals surface area contributed by atoms with Crippen molar-refractivity contribution in [1.29, 1.82) is 0 Å². The van der Waals surface area contributed by atoms with Crippen molar-refractivity contribution < 1.29 is 0 Å². The standard InChI is InChI=1S/C17H19N3/c18-10-8-14-13-5-3-4-12-9-11-20(17(12)13)16-7-2-1-6-15(16)19-14/h1-7,14,19H,8-11,18H2. The van der Waals surface area contributed by atoms with Crippen molar-refractivity contribution in [3.05, 3.63) is 53.6 Å². The highest BCUT2D eigenvalue weighted by Crippen LogP contribution is 2.46. The predicted octanol–water partition coefficient (Wildman–Crippen LogP) is 3.20. The molecule has 2 aromatic carbocycles. The van der Waals surface area contributed by atoms with Crippen LogP contribution < -0.4 is 16.0 Å². The summed E-state index contributed by atoms with van der Waals surface area (Å²) in [4.78, 5) is 2.46. The van der Waals surface area contributed by atoms with Gasteiger partial charge in [-0.3, -0.25) is 0 Å². The first-order valence-electron chi connectivity index (χ1n) is 7.33. The summed E-state index contributed by atoms with van der Waals surface area (Å²) in [6, 6.07) is 15.6. The van der Waals surface area contributed by atoms with Crippen LogP contribution in [0.25, 0.3) is 0 Å². The van der Waals surface area contributed by atoms with Crippen LogP contribution >= 0.6 is 0 Å². The lowest BCUT2D eigenvalue weighted by Gasteiger charge is -2.21. The van der Waals surface area contributed by atoms with Crippen molar-refractivity contribution in [3.8, 4) is 0 Å². The summed E-state index contributed by atoms with van der Waals surface area (Å²) >= 11 is 0. The van der Waals surface area contributed by atoms with Crippen LogP contribution in [-0.2, 0) is 6.42 Å². The number of hydrogen-bond donors (Lipinski definition) is 2. The minimum absolute atomic E-state index is 0.305. The Balaban J connectivity index is 1.94. The number of fused-ring (bicyclic) bond motifs is 2. The fourth-order valence-electron chi connectivity index (χ4n) is 3.50. The average molecular weight is 265 g/mol. The van der Waals surface area contributed by atoms with E-state index in [0.29, 0.717) is 12.6 Å². The molecule has 0 radical (unpaired) electrons. The van der Waals surface area contributed by atoms with Gasteiger partial charge in [0.05, 0.1) is 17.4 Å². The van der Waals surface area contributed by atoms with Crippen molar-refractivity contribution in [2.24, 2.45) is 5.73 Å². The van der Waals surface area contributed by atoms with E-state index in [1.165, 1.54) is 28.2 Å². The Bertz CT molecular complexity index is 650. The smallest absolute Gasteiger partial charge is 0.0646 e. The van der Waals surface area contributed by atoms with Crippen LogP contribution in [0.5, 0.6) is 0 Å². The number of hydrogen-bond acceptors (Lipinski definition) is 3. The number of para-hydroxylation sites is 3. The quantitative estimate of drug-likeness (QED) is 0.876. The molecule has 0 saturated heterocycles. The Morgan fingerprint density at radius 2 is 2.05 bits per heavy atom. The third-order valence-corrected chi connectivity index (χ3v) is 4.38. The van der Waals surface area contributed by atoms with E-state index in [4.69, 9.17) is 5.73 Å². The first-order chi connectivity index (χ1) is 9.88. The molecule has 0 spiro atoms. The van der Waals surface area contributed by atoms with Crippen LogP contribution in [-0.4, -0.2) is 13.1 Å². The van der Waals surface area contributed by atoms with E-state index in [2.05, 4.69) is 52.7 Å². The van der Waals surface area contributed by atoms with Crippen LogP contribution in [0.3, 0.4) is 0 Å². The monoisotopic (exact) mass is 265 g/mol. The van der Waals surface area contributed by atoms with Gasteiger partial charge >= 0.3 is 0 Å². The van der Waals surface area contributed by atoms with E-state index in [-0.39, 0.29) is 0 Å². The van der Waals surface area contributed by atoms with Gasteiger partial charge in [-0.2, -0.15) is 0 Å². The lowest BCUT2D eigenvalue weighted by Crippen LogP contribution is -2.15. The van der Waals surface area contributed by atoms with E-state index in [0.717, 1.165) is 19.4 Å². The number of rotatable bonds is 2. The molecule has 2 aliphatic heterocycles. The highest BCUT2D eigenvalue weighted by Gasteiger charge is 2.30. The van der Waals surface area contributed by atoms with Gasteiger partial charge in [0.1, 0.15) is 0 Å². The highest BCUT2D eigenvalue weighted by atomic mass is 15.2. The summed E-state index contributed by atoms with van der Waals surface area (Å²) in [6.45, 7) is 1.77. The number of benzene rings is 2. The van der Waals surface area contributed by atoms with Crippen molar-refractivity contribution in [3.63, 3.8) is 0 Å². The maximum Gasteiger partial charge on any atom is 0.0646 e. The van der Waals surface area contributed by atoms with Crippen LogP contribution in [0.4, 0.5) is 17.1 Å². The molecule has 0 aromatic heterocycles. The second kappa shape index (κ2) is 4.53. The van der Waals surface area contributed by atoms with Crippen molar-refractivity contribution >= 4 is 17.1 Å². The summed E-state index contributed by atoms with van der Waals surface area (Å²) in [6.07, 6.45) is 2.09. The fraction of sp³-hybridized carbons (Fsp3) is 0.294. The third-order valence-electron chi connectivity index (χ3n) is 4.38. The van der Waals surface area contributed by atoms with Gasteiger partial charge in [0.15, 0.2) is 0 Å². The first-order valence-corrected chi connectivity index (χ1v) is 7.33. The molecule has 1 unspecified atom stereocenters. The van der Waals surface area contributed by atoms with Crippen molar-refractivity contribution in [2.75, 3.05) is 23.3 Å². The molecular formula is C17H19N3. The van der Waals surface area contributed by atoms with Gasteiger partial charge in [-0.05, 0) is 42.6 Å². The van der Waals surface area contributed by atoms with Crippen LogP contribution in [0, 0.1) is 0 Å². The second-order valence-electron chi connectivity index (χ2n) is 5.55. The van der Waals surface area contributed by atoms with Gasteiger partial charge in [0, 0.05) is 12.2 Å². The third kappa shape index (κ3) is 1.63. The van der Waals surface area contributed by atoms with Crippen LogP contribution in [0.1, 0.15) is 23.6 Å². The number of nitrogens with two attached hydrogens (primary N) is 1. The summed E-state index contributed by atoms with van der Waals surface area (Å²) in [5.41, 5.74) is 12.6. The van der Waals surface area contributed by atoms with Crippen LogP contribution in [0.15, 0.2) is 42.5 Å². The normalized spacial score (nSPS) is 19.1. The maximum absolute atomic E-state index is 5.82. The lowest BCUT2D eigenvalue weighted by molar-refractivity contribution is 0.707. The molecule has 3 N–H and O–H groups in total. The Morgan fingerprint density at radius 3 is 2.95 bits per heavy atom. The minimum Gasteiger partial charge on any atom is -0.376 e. The Kier molecular flexibility index (Phi) is 2.67. The van der Waals surface area contributed by atoms with E-state index in [9.17, 15) is 0 Å². The van der Waals surface area contributed by atoms with E-state index >= 15 is 0 Å². The zero-order valence-electron chi connectivity index (χ0n) is 11.5. The van der Waals surface area contributed by atoms with Gasteiger partial charge < -0.3 is 16.0 Å². The van der Waals surface area contributed by atoms with Gasteiger partial charge in [0.25, 0.3) is 0 Å². The highest BCUT2D eigenvalue weighted by molar-refractivity contribution is 5.84. The van der Waals surface area contributed by atoms with E-state index in [1.807, 2.05) is 0 Å².